The van der Waals surface area contributed by atoms with Gasteiger partial charge in [-0.2, -0.15) is 0 Å². The lowest BCUT2D eigenvalue weighted by atomic mass is 10.2. The summed E-state index contributed by atoms with van der Waals surface area (Å²) >= 11 is 5.81. The van der Waals surface area contributed by atoms with E-state index < -0.39 is 12.0 Å². The van der Waals surface area contributed by atoms with Gasteiger partial charge in [-0.05, 0) is 24.6 Å². The summed E-state index contributed by atoms with van der Waals surface area (Å²) in [7, 11) is 0. The first-order chi connectivity index (χ1) is 9.47. The third kappa shape index (κ3) is 4.48. The second-order valence-electron chi connectivity index (χ2n) is 4.11. The smallest absolute Gasteiger partial charge is 0.337 e. The van der Waals surface area contributed by atoms with Crippen molar-refractivity contribution in [1.29, 1.82) is 0 Å². The predicted molar refractivity (Wildman–Crippen MR) is 78.1 cm³/mol. The van der Waals surface area contributed by atoms with E-state index in [1.807, 2.05) is 6.92 Å². The highest BCUT2D eigenvalue weighted by atomic mass is 35.5. The van der Waals surface area contributed by atoms with Crippen molar-refractivity contribution in [1.82, 2.24) is 5.32 Å². The van der Waals surface area contributed by atoms with E-state index in [2.05, 4.69) is 16.6 Å². The third-order valence-corrected chi connectivity index (χ3v) is 2.85. The molecule has 2 amide bonds. The molecule has 0 aliphatic rings. The summed E-state index contributed by atoms with van der Waals surface area (Å²) in [6.45, 7) is 1.97. The fraction of sp³-hybridized carbons (Fsp3) is 0.286. The number of carboxylic acids is 1. The molecule has 0 bridgehead atoms. The molecule has 3 N–H and O–H groups in total. The Balaban J connectivity index is 2.69. The molecule has 1 unspecified atom stereocenters. The molecule has 0 spiro atoms. The summed E-state index contributed by atoms with van der Waals surface area (Å²) in [5.74, 6) is 1.36. The van der Waals surface area contributed by atoms with Crippen LogP contribution < -0.4 is 10.6 Å². The summed E-state index contributed by atoms with van der Waals surface area (Å²) in [6, 6.07) is 3.36. The highest BCUT2D eigenvalue weighted by Crippen LogP contribution is 2.20. The lowest BCUT2D eigenvalue weighted by molar-refractivity contribution is 0.0697. The molecule has 20 heavy (non-hydrogen) atoms. The maximum atomic E-state index is 11.7. The van der Waals surface area contributed by atoms with Gasteiger partial charge in [0, 0.05) is 5.69 Å². The lowest BCUT2D eigenvalue weighted by Crippen LogP contribution is -2.36. The predicted octanol–water partition coefficient (Wildman–Crippen LogP) is 2.96. The number of hydrogen-bond donors (Lipinski definition) is 3. The summed E-state index contributed by atoms with van der Waals surface area (Å²) in [6.07, 6.45) is 6.84. The van der Waals surface area contributed by atoms with Gasteiger partial charge in [-0.15, -0.1) is 6.42 Å². The zero-order chi connectivity index (χ0) is 15.1. The van der Waals surface area contributed by atoms with Crippen molar-refractivity contribution in [2.75, 3.05) is 5.32 Å². The van der Waals surface area contributed by atoms with Crippen molar-refractivity contribution in [2.24, 2.45) is 0 Å². The number of rotatable bonds is 5. The van der Waals surface area contributed by atoms with Crippen LogP contribution in [0.5, 0.6) is 0 Å². The number of hydrogen-bond acceptors (Lipinski definition) is 2. The first kappa shape index (κ1) is 15.9. The number of nitrogens with one attached hydrogen (secondary N) is 2. The number of anilines is 1. The van der Waals surface area contributed by atoms with E-state index >= 15 is 0 Å². The van der Waals surface area contributed by atoms with Crippen molar-refractivity contribution in [3.8, 4) is 12.3 Å². The highest BCUT2D eigenvalue weighted by Gasteiger charge is 2.11. The molecule has 6 heteroatoms. The van der Waals surface area contributed by atoms with Gasteiger partial charge in [-0.3, -0.25) is 0 Å². The molecule has 1 atom stereocenters. The number of amides is 2. The van der Waals surface area contributed by atoms with E-state index in [-0.39, 0.29) is 16.6 Å². The maximum absolute atomic E-state index is 11.7. The van der Waals surface area contributed by atoms with Crippen LogP contribution in [0.4, 0.5) is 10.5 Å². The van der Waals surface area contributed by atoms with Crippen LogP contribution >= 0.6 is 11.6 Å². The molecule has 0 aliphatic heterocycles. The zero-order valence-corrected chi connectivity index (χ0v) is 11.7. The molecule has 1 aromatic rings. The molecular weight excluding hydrogens is 280 g/mol. The average molecular weight is 295 g/mol. The topological polar surface area (TPSA) is 78.4 Å². The fourth-order valence-corrected chi connectivity index (χ4v) is 1.84. The number of halogens is 1. The van der Waals surface area contributed by atoms with Crippen molar-refractivity contribution in [3.63, 3.8) is 0 Å². The van der Waals surface area contributed by atoms with E-state index in [0.717, 1.165) is 6.42 Å². The van der Waals surface area contributed by atoms with Gasteiger partial charge in [0.2, 0.25) is 0 Å². The van der Waals surface area contributed by atoms with Gasteiger partial charge < -0.3 is 15.7 Å². The first-order valence-corrected chi connectivity index (χ1v) is 6.42. The van der Waals surface area contributed by atoms with Crippen molar-refractivity contribution < 1.29 is 14.7 Å². The number of carbonyl (C=O) groups is 2. The van der Waals surface area contributed by atoms with Crippen LogP contribution in [0.25, 0.3) is 0 Å². The quantitative estimate of drug-likeness (QED) is 0.731. The Kier molecular flexibility index (Phi) is 5.88. The van der Waals surface area contributed by atoms with Gasteiger partial charge in [-0.1, -0.05) is 30.9 Å². The minimum Gasteiger partial charge on any atom is -0.478 e. The van der Waals surface area contributed by atoms with Crippen LogP contribution in [-0.2, 0) is 0 Å². The molecule has 0 saturated heterocycles. The zero-order valence-electron chi connectivity index (χ0n) is 10.9. The van der Waals surface area contributed by atoms with Crippen LogP contribution in [0.2, 0.25) is 5.02 Å². The van der Waals surface area contributed by atoms with Crippen LogP contribution in [0, 0.1) is 12.3 Å². The molecule has 0 saturated carbocycles. The molecule has 1 rings (SSSR count). The molecule has 0 fully saturated rings. The van der Waals surface area contributed by atoms with Gasteiger partial charge in [-0.25, -0.2) is 9.59 Å². The minimum atomic E-state index is -1.12. The van der Waals surface area contributed by atoms with Crippen LogP contribution in [0.15, 0.2) is 18.2 Å². The van der Waals surface area contributed by atoms with Crippen LogP contribution in [0.1, 0.15) is 30.1 Å². The number of terminal acetylenes is 1. The van der Waals surface area contributed by atoms with E-state index in [0.29, 0.717) is 12.1 Å². The Morgan fingerprint density at radius 2 is 2.20 bits per heavy atom. The summed E-state index contributed by atoms with van der Waals surface area (Å²) < 4.78 is 0. The number of aromatic carboxylic acids is 1. The normalized spacial score (nSPS) is 11.2. The van der Waals surface area contributed by atoms with Gasteiger partial charge >= 0.3 is 12.0 Å². The van der Waals surface area contributed by atoms with E-state index in [9.17, 15) is 9.59 Å². The molecule has 0 radical (unpaired) electrons. The van der Waals surface area contributed by atoms with Crippen molar-refractivity contribution >= 4 is 29.3 Å². The van der Waals surface area contributed by atoms with Crippen molar-refractivity contribution in [2.45, 2.75) is 25.8 Å². The number of urea groups is 1. The van der Waals surface area contributed by atoms with Crippen molar-refractivity contribution in [3.05, 3.63) is 28.8 Å². The molecule has 0 aliphatic carbocycles. The Hall–Kier alpha value is -2.19. The summed E-state index contributed by atoms with van der Waals surface area (Å²) in [4.78, 5) is 22.5. The first-order valence-electron chi connectivity index (χ1n) is 6.04. The molecule has 5 nitrogen and oxygen atoms in total. The highest BCUT2D eigenvalue weighted by molar-refractivity contribution is 6.33. The van der Waals surface area contributed by atoms with Gasteiger partial charge in [0.15, 0.2) is 0 Å². The molecule has 0 heterocycles. The Morgan fingerprint density at radius 3 is 2.70 bits per heavy atom. The summed E-state index contributed by atoms with van der Waals surface area (Å²) in [5, 5.41) is 14.1. The molecule has 0 aromatic heterocycles. The van der Waals surface area contributed by atoms with Gasteiger partial charge in [0.25, 0.3) is 0 Å². The standard InChI is InChI=1S/C14H15ClN2O3/c1-3-5-9(4-2)16-14(20)17-10-6-7-11(13(18)19)12(15)8-10/h2,6-9H,3,5H2,1H3,(H,18,19)(H2,16,17,20). The van der Waals surface area contributed by atoms with E-state index in [1.165, 1.54) is 18.2 Å². The van der Waals surface area contributed by atoms with E-state index in [1.54, 1.807) is 0 Å². The Bertz CT molecular complexity index is 552. The fourth-order valence-electron chi connectivity index (χ4n) is 1.58. The van der Waals surface area contributed by atoms with E-state index in [4.69, 9.17) is 23.1 Å². The lowest BCUT2D eigenvalue weighted by Gasteiger charge is -2.13. The van der Waals surface area contributed by atoms with Gasteiger partial charge in [0.1, 0.15) is 0 Å². The molecular formula is C14H15ClN2O3. The second-order valence-corrected chi connectivity index (χ2v) is 4.51. The summed E-state index contributed by atoms with van der Waals surface area (Å²) in [5.41, 5.74) is 0.370. The molecule has 106 valence electrons. The Labute approximate surface area is 122 Å². The number of carboxylic acid groups (broad SMARTS) is 1. The molecule has 1 aromatic carbocycles. The third-order valence-electron chi connectivity index (χ3n) is 2.54. The second kappa shape index (κ2) is 7.41. The SMILES string of the molecule is C#CC(CCC)NC(=O)Nc1ccc(C(=O)O)c(Cl)c1. The Morgan fingerprint density at radius 1 is 1.50 bits per heavy atom. The largest absolute Gasteiger partial charge is 0.478 e. The average Bonchev–Trinajstić information content (AvgIpc) is 2.37. The van der Waals surface area contributed by atoms with Crippen LogP contribution in [0.3, 0.4) is 0 Å². The number of carbonyl (C=O) groups excluding carboxylic acids is 1. The minimum absolute atomic E-state index is 0.0230. The maximum Gasteiger partial charge on any atom is 0.337 e. The van der Waals surface area contributed by atoms with Gasteiger partial charge in [0.05, 0.1) is 16.6 Å². The van der Waals surface area contributed by atoms with Crippen LogP contribution in [-0.4, -0.2) is 23.1 Å². The number of benzene rings is 1. The monoisotopic (exact) mass is 294 g/mol.